The van der Waals surface area contributed by atoms with E-state index >= 15 is 0 Å². The third kappa shape index (κ3) is 10.4. The first-order valence-electron chi connectivity index (χ1n) is 15.8. The molecule has 0 saturated carbocycles. The number of hydrogen-bond acceptors (Lipinski definition) is 8. The van der Waals surface area contributed by atoms with Gasteiger partial charge in [-0.15, -0.1) is 0 Å². The summed E-state index contributed by atoms with van der Waals surface area (Å²) in [6, 6.07) is 6.89. The summed E-state index contributed by atoms with van der Waals surface area (Å²) in [4.78, 5) is 15.3. The van der Waals surface area contributed by atoms with Gasteiger partial charge in [0.15, 0.2) is 16.6 Å². The lowest BCUT2D eigenvalue weighted by molar-refractivity contribution is 0.0547. The van der Waals surface area contributed by atoms with Gasteiger partial charge in [-0.3, -0.25) is 9.47 Å². The molecule has 0 saturated heterocycles. The fraction of sp³-hybridized carbons (Fsp3) is 0.719. The van der Waals surface area contributed by atoms with Crippen molar-refractivity contribution >= 4 is 46.3 Å². The van der Waals surface area contributed by atoms with Crippen molar-refractivity contribution in [3.63, 3.8) is 0 Å². The minimum absolute atomic E-state index is 0.0315. The first-order chi connectivity index (χ1) is 19.9. The third-order valence-corrected chi connectivity index (χ3v) is 18.0. The Morgan fingerprint density at radius 2 is 1.55 bits per heavy atom. The summed E-state index contributed by atoms with van der Waals surface area (Å²) in [7, 11) is -5.79. The summed E-state index contributed by atoms with van der Waals surface area (Å²) < 4.78 is 26.4. The van der Waals surface area contributed by atoms with Gasteiger partial charge in [0, 0.05) is 25.1 Å². The maximum atomic E-state index is 12.9. The summed E-state index contributed by atoms with van der Waals surface area (Å²) in [6.45, 7) is 33.4. The number of carbonyl (C=O) groups excluding carboxylic acids is 1. The average molecular weight is 651 g/mol. The Labute approximate surface area is 268 Å². The fourth-order valence-corrected chi connectivity index (χ4v) is 6.59. The van der Waals surface area contributed by atoms with E-state index in [0.29, 0.717) is 36.4 Å². The van der Waals surface area contributed by atoms with Crippen LogP contribution >= 0.6 is 0 Å². The minimum atomic E-state index is -2.11. The van der Waals surface area contributed by atoms with Gasteiger partial charge in [-0.25, -0.2) is 4.79 Å². The molecule has 1 aromatic carbocycles. The van der Waals surface area contributed by atoms with Crippen molar-refractivity contribution in [1.29, 1.82) is 0 Å². The van der Waals surface area contributed by atoms with Gasteiger partial charge in [0.2, 0.25) is 0 Å². The van der Waals surface area contributed by atoms with Gasteiger partial charge in [0.05, 0.1) is 17.2 Å². The molecule has 1 atom stereocenters. The molecule has 0 aliphatic carbocycles. The first-order valence-corrected chi connectivity index (χ1v) is 21.6. The molecule has 44 heavy (non-hydrogen) atoms. The minimum Gasteiger partial charge on any atom is -0.491 e. The van der Waals surface area contributed by atoms with Crippen LogP contribution in [0, 0.1) is 0 Å². The highest BCUT2D eigenvalue weighted by Crippen LogP contribution is 2.38. The molecule has 0 amide bonds. The molecule has 1 heterocycles. The zero-order valence-electron chi connectivity index (χ0n) is 29.8. The molecule has 0 unspecified atom stereocenters. The highest BCUT2D eigenvalue weighted by Gasteiger charge is 2.40. The van der Waals surface area contributed by atoms with E-state index in [2.05, 4.69) is 79.6 Å². The van der Waals surface area contributed by atoms with Gasteiger partial charge in [0.25, 0.3) is 0 Å². The van der Waals surface area contributed by atoms with Crippen LogP contribution in [0.1, 0.15) is 69.2 Å². The molecule has 2 aromatic rings. The highest BCUT2D eigenvalue weighted by molar-refractivity contribution is 6.74. The molecule has 2 N–H and O–H groups in total. The summed E-state index contributed by atoms with van der Waals surface area (Å²) >= 11 is 0. The largest absolute Gasteiger partial charge is 0.506 e. The third-order valence-electron chi connectivity index (χ3n) is 8.93. The molecule has 0 fully saturated rings. The van der Waals surface area contributed by atoms with E-state index in [1.807, 2.05) is 0 Å². The number of aromatic nitrogens is 1. The maximum absolute atomic E-state index is 12.9. The number of rotatable bonds is 13. The van der Waals surface area contributed by atoms with Crippen LogP contribution in [0.25, 0.3) is 10.9 Å². The zero-order valence-corrected chi connectivity index (χ0v) is 31.8. The summed E-state index contributed by atoms with van der Waals surface area (Å²) in [5, 5.41) is 20.8. The summed E-state index contributed by atoms with van der Waals surface area (Å²) in [5.41, 5.74) is -0.205. The molecular formula is C32H59BN2O7Si2. The van der Waals surface area contributed by atoms with Crippen molar-refractivity contribution in [2.24, 2.45) is 0 Å². The molecule has 0 spiro atoms. The van der Waals surface area contributed by atoms with E-state index in [0.717, 1.165) is 13.1 Å². The highest BCUT2D eigenvalue weighted by atomic mass is 28.4. The standard InChI is InChI=1S/C32H59BN2O7Si2/c1-15-34(18-19-40-43(11,12)31(5,6)7)22-26(42-44(13,14)32(8,9)10)23-39-25-16-17-27-24(20-25)21-28(33(37)38)35(27)29(36)41-30(2,3)4/h16-17,20-21,26,37-38H,15,18-19,22-23H2,1-14H3/t26-/m1/s1. The molecular weight excluding hydrogens is 591 g/mol. The Bertz CT molecular complexity index is 1240. The predicted molar refractivity (Wildman–Crippen MR) is 186 cm³/mol. The van der Waals surface area contributed by atoms with Crippen LogP contribution in [0.3, 0.4) is 0 Å². The molecule has 2 rings (SSSR count). The number of likely N-dealkylation sites (N-methyl/N-ethyl adjacent to an activating group) is 1. The fourth-order valence-electron chi connectivity index (χ4n) is 4.23. The monoisotopic (exact) mass is 650 g/mol. The Kier molecular flexibility index (Phi) is 12.6. The second kappa shape index (κ2) is 14.4. The first kappa shape index (κ1) is 38.5. The van der Waals surface area contributed by atoms with Gasteiger partial charge >= 0.3 is 13.2 Å². The second-order valence-electron chi connectivity index (χ2n) is 15.8. The van der Waals surface area contributed by atoms with Crippen LogP contribution in [-0.4, -0.2) is 93.9 Å². The SMILES string of the molecule is CCN(CCO[Si](C)(C)C(C)(C)C)C[C@H](COc1ccc2c(c1)cc(B(O)O)n2C(=O)OC(C)(C)C)O[Si](C)(C)C(C)(C)C. The van der Waals surface area contributed by atoms with Gasteiger partial charge in [0.1, 0.15) is 18.0 Å². The van der Waals surface area contributed by atoms with E-state index in [-0.39, 0.29) is 21.8 Å². The lowest BCUT2D eigenvalue weighted by Gasteiger charge is -2.40. The number of carbonyl (C=O) groups is 1. The number of nitrogens with zero attached hydrogens (tertiary/aromatic N) is 2. The van der Waals surface area contributed by atoms with E-state index in [9.17, 15) is 14.8 Å². The van der Waals surface area contributed by atoms with Crippen LogP contribution in [0.15, 0.2) is 24.3 Å². The topological polar surface area (TPSA) is 103 Å². The van der Waals surface area contributed by atoms with Crippen LogP contribution in [0.5, 0.6) is 5.75 Å². The van der Waals surface area contributed by atoms with Crippen molar-refractivity contribution in [3.8, 4) is 5.75 Å². The quantitative estimate of drug-likeness (QED) is 0.247. The van der Waals surface area contributed by atoms with Crippen molar-refractivity contribution in [2.45, 2.75) is 117 Å². The number of ether oxygens (including phenoxy) is 2. The number of hydrogen-bond donors (Lipinski definition) is 2. The lowest BCUT2D eigenvalue weighted by atomic mass is 9.86. The molecule has 9 nitrogen and oxygen atoms in total. The van der Waals surface area contributed by atoms with Crippen molar-refractivity contribution in [1.82, 2.24) is 9.47 Å². The summed E-state index contributed by atoms with van der Waals surface area (Å²) in [6.07, 6.45) is -0.843. The van der Waals surface area contributed by atoms with Gasteiger partial charge in [-0.1, -0.05) is 48.5 Å². The van der Waals surface area contributed by atoms with Gasteiger partial charge in [-0.2, -0.15) is 0 Å². The van der Waals surface area contributed by atoms with Crippen molar-refractivity contribution < 1.29 is 33.2 Å². The van der Waals surface area contributed by atoms with Gasteiger partial charge < -0.3 is 28.4 Å². The van der Waals surface area contributed by atoms with E-state index in [1.54, 1.807) is 45.0 Å². The Hall–Kier alpha value is -1.67. The molecule has 12 heteroatoms. The van der Waals surface area contributed by atoms with Gasteiger partial charge in [-0.05, 0) is 87.8 Å². The molecule has 0 aliphatic rings. The van der Waals surface area contributed by atoms with Crippen molar-refractivity contribution in [3.05, 3.63) is 24.3 Å². The van der Waals surface area contributed by atoms with Crippen molar-refractivity contribution in [2.75, 3.05) is 32.8 Å². The normalized spacial score (nSPS) is 14.3. The summed E-state index contributed by atoms with van der Waals surface area (Å²) in [5.74, 6) is 0.603. The maximum Gasteiger partial charge on any atom is 0.506 e. The van der Waals surface area contributed by atoms with Crippen LogP contribution in [0.2, 0.25) is 36.3 Å². The molecule has 1 aromatic heterocycles. The van der Waals surface area contributed by atoms with Crippen LogP contribution in [0.4, 0.5) is 4.79 Å². The Balaban J connectivity index is 2.28. The zero-order chi connectivity index (χ0) is 33.9. The lowest BCUT2D eigenvalue weighted by Crippen LogP contribution is -2.49. The Morgan fingerprint density at radius 3 is 2.05 bits per heavy atom. The number of benzene rings is 1. The van der Waals surface area contributed by atoms with Crippen LogP contribution in [-0.2, 0) is 13.6 Å². The number of fused-ring (bicyclic) bond motifs is 1. The molecule has 0 aliphatic heterocycles. The molecule has 0 radical (unpaired) electrons. The van der Waals surface area contributed by atoms with E-state index in [4.69, 9.17) is 18.3 Å². The molecule has 250 valence electrons. The smallest absolute Gasteiger partial charge is 0.491 e. The Morgan fingerprint density at radius 1 is 0.955 bits per heavy atom. The van der Waals surface area contributed by atoms with E-state index < -0.39 is 35.4 Å². The van der Waals surface area contributed by atoms with E-state index in [1.165, 1.54) is 4.57 Å². The van der Waals surface area contributed by atoms with Crippen LogP contribution < -0.4 is 10.3 Å². The molecule has 0 bridgehead atoms. The second-order valence-corrected chi connectivity index (χ2v) is 25.4. The predicted octanol–water partition coefficient (Wildman–Crippen LogP) is 6.22. The average Bonchev–Trinajstić information content (AvgIpc) is 3.23.